The molecule has 1 atom stereocenters. The summed E-state index contributed by atoms with van der Waals surface area (Å²) in [6.07, 6.45) is 0. The van der Waals surface area contributed by atoms with Crippen molar-refractivity contribution in [1.29, 1.82) is 0 Å². The third kappa shape index (κ3) is 4.53. The molecule has 7 nitrogen and oxygen atoms in total. The fourth-order valence-electron chi connectivity index (χ4n) is 2.39. The Morgan fingerprint density at radius 2 is 2.21 bits per heavy atom. The molecule has 0 saturated heterocycles. The van der Waals surface area contributed by atoms with Gasteiger partial charge in [-0.3, -0.25) is 14.9 Å². The Balaban J connectivity index is 2.04. The molecule has 2 aromatic rings. The van der Waals surface area contributed by atoms with Gasteiger partial charge in [-0.05, 0) is 29.3 Å². The molecule has 1 heterocycles. The van der Waals surface area contributed by atoms with Gasteiger partial charge in [0.15, 0.2) is 12.3 Å². The van der Waals surface area contributed by atoms with E-state index in [4.69, 9.17) is 4.74 Å². The highest BCUT2D eigenvalue weighted by Crippen LogP contribution is 2.32. The molecular weight excluding hydrogens is 330 g/mol. The smallest absolute Gasteiger partial charge is 0.311 e. The number of nitro benzene ring substituents is 1. The standard InChI is InChI=1S/C16H19N3O4S/c1-11-6-14(19(21)22)15(23-3)7-13(11)17-16(20)9-18(2)8-12-4-5-24-10-12/h4-7,10H,8-9H2,1-3H3,(H,17,20)/p+1. The van der Waals surface area contributed by atoms with Crippen LogP contribution < -0.4 is 15.0 Å². The van der Waals surface area contributed by atoms with Gasteiger partial charge in [0.1, 0.15) is 6.54 Å². The maximum Gasteiger partial charge on any atom is 0.311 e. The first-order valence-corrected chi connectivity index (χ1v) is 8.30. The monoisotopic (exact) mass is 350 g/mol. The third-order valence-corrected chi connectivity index (χ3v) is 4.28. The minimum atomic E-state index is -0.504. The molecule has 0 spiro atoms. The molecule has 128 valence electrons. The Hall–Kier alpha value is -2.45. The van der Waals surface area contributed by atoms with Crippen LogP contribution in [0.1, 0.15) is 11.1 Å². The number of likely N-dealkylation sites (N-methyl/N-ethyl adjacent to an activating group) is 1. The number of carbonyl (C=O) groups excluding carboxylic acids is 1. The van der Waals surface area contributed by atoms with E-state index in [1.165, 1.54) is 24.8 Å². The molecule has 0 fully saturated rings. The summed E-state index contributed by atoms with van der Waals surface area (Å²) in [6.45, 7) is 2.78. The number of amides is 1. The van der Waals surface area contributed by atoms with Crippen molar-refractivity contribution < 1.29 is 19.4 Å². The van der Waals surface area contributed by atoms with Crippen molar-refractivity contribution in [3.05, 3.63) is 50.2 Å². The molecule has 0 saturated carbocycles. The number of quaternary nitrogens is 1. The Kier molecular flexibility index (Phi) is 5.88. The number of hydrogen-bond acceptors (Lipinski definition) is 5. The fraction of sp³-hybridized carbons (Fsp3) is 0.312. The van der Waals surface area contributed by atoms with Crippen LogP contribution in [0.5, 0.6) is 5.75 Å². The van der Waals surface area contributed by atoms with Gasteiger partial charge in [0.25, 0.3) is 5.91 Å². The number of aryl methyl sites for hydroxylation is 1. The van der Waals surface area contributed by atoms with Crippen LogP contribution in [0.3, 0.4) is 0 Å². The number of methoxy groups -OCH3 is 1. The topological polar surface area (TPSA) is 85.9 Å². The van der Waals surface area contributed by atoms with Gasteiger partial charge < -0.3 is 15.0 Å². The number of benzene rings is 1. The summed E-state index contributed by atoms with van der Waals surface area (Å²) < 4.78 is 5.04. The zero-order chi connectivity index (χ0) is 17.7. The average molecular weight is 350 g/mol. The number of carbonyl (C=O) groups is 1. The van der Waals surface area contributed by atoms with Gasteiger partial charge in [-0.15, -0.1) is 0 Å². The van der Waals surface area contributed by atoms with Gasteiger partial charge in [0.05, 0.1) is 19.1 Å². The van der Waals surface area contributed by atoms with Crippen LogP contribution in [-0.2, 0) is 11.3 Å². The summed E-state index contributed by atoms with van der Waals surface area (Å²) in [5.41, 5.74) is 2.21. The van der Waals surface area contributed by atoms with E-state index in [0.29, 0.717) is 17.8 Å². The number of nitrogens with one attached hydrogen (secondary N) is 2. The van der Waals surface area contributed by atoms with Crippen LogP contribution in [0.15, 0.2) is 29.0 Å². The SMILES string of the molecule is COc1cc(NC(=O)C[NH+](C)Cc2ccsc2)c(C)cc1[N+](=O)[O-]. The molecular formula is C16H20N3O4S+. The van der Waals surface area contributed by atoms with Crippen molar-refractivity contribution in [2.24, 2.45) is 0 Å². The minimum Gasteiger partial charge on any atom is -0.490 e. The number of thiophene rings is 1. The molecule has 1 aromatic heterocycles. The van der Waals surface area contributed by atoms with E-state index < -0.39 is 4.92 Å². The first-order chi connectivity index (χ1) is 11.4. The zero-order valence-corrected chi connectivity index (χ0v) is 14.6. The maximum atomic E-state index is 12.2. The Labute approximate surface area is 144 Å². The van der Waals surface area contributed by atoms with Gasteiger partial charge in [0, 0.05) is 23.4 Å². The number of nitro groups is 1. The lowest BCUT2D eigenvalue weighted by atomic mass is 10.1. The van der Waals surface area contributed by atoms with Gasteiger partial charge in [-0.25, -0.2) is 0 Å². The summed E-state index contributed by atoms with van der Waals surface area (Å²) in [4.78, 5) is 23.8. The van der Waals surface area contributed by atoms with E-state index in [2.05, 4.69) is 10.7 Å². The summed E-state index contributed by atoms with van der Waals surface area (Å²) in [5.74, 6) is -0.0263. The van der Waals surface area contributed by atoms with Crippen molar-refractivity contribution >= 4 is 28.6 Å². The van der Waals surface area contributed by atoms with E-state index >= 15 is 0 Å². The normalized spacial score (nSPS) is 11.8. The zero-order valence-electron chi connectivity index (χ0n) is 13.8. The van der Waals surface area contributed by atoms with Crippen molar-refractivity contribution in [2.45, 2.75) is 13.5 Å². The van der Waals surface area contributed by atoms with Crippen LogP contribution in [0, 0.1) is 17.0 Å². The number of hydrogen-bond donors (Lipinski definition) is 2. The lowest BCUT2D eigenvalue weighted by Gasteiger charge is -2.14. The van der Waals surface area contributed by atoms with E-state index in [1.54, 1.807) is 18.3 Å². The predicted octanol–water partition coefficient (Wildman–Crippen LogP) is 1.63. The van der Waals surface area contributed by atoms with E-state index in [1.807, 2.05) is 18.5 Å². The minimum absolute atomic E-state index is 0.117. The number of ether oxygens (including phenoxy) is 1. The fourth-order valence-corrected chi connectivity index (χ4v) is 3.05. The van der Waals surface area contributed by atoms with Crippen LogP contribution >= 0.6 is 11.3 Å². The summed E-state index contributed by atoms with van der Waals surface area (Å²) in [7, 11) is 3.31. The van der Waals surface area contributed by atoms with Crippen molar-refractivity contribution in [2.75, 3.05) is 26.0 Å². The van der Waals surface area contributed by atoms with Gasteiger partial charge in [-0.2, -0.15) is 11.3 Å². The average Bonchev–Trinajstić information content (AvgIpc) is 3.01. The van der Waals surface area contributed by atoms with Crippen LogP contribution in [0.2, 0.25) is 0 Å². The molecule has 1 unspecified atom stereocenters. The van der Waals surface area contributed by atoms with Crippen molar-refractivity contribution in [1.82, 2.24) is 0 Å². The Morgan fingerprint density at radius 3 is 2.79 bits per heavy atom. The summed E-state index contributed by atoms with van der Waals surface area (Å²) in [6, 6.07) is 4.92. The molecule has 8 heteroatoms. The highest BCUT2D eigenvalue weighted by molar-refractivity contribution is 7.07. The van der Waals surface area contributed by atoms with Crippen LogP contribution in [-0.4, -0.2) is 31.5 Å². The lowest BCUT2D eigenvalue weighted by molar-refractivity contribution is -0.885. The molecule has 2 N–H and O–H groups in total. The molecule has 0 aliphatic rings. The second-order valence-electron chi connectivity index (χ2n) is 5.59. The number of anilines is 1. The quantitative estimate of drug-likeness (QED) is 0.587. The maximum absolute atomic E-state index is 12.2. The number of nitrogens with zero attached hydrogens (tertiary/aromatic N) is 1. The lowest BCUT2D eigenvalue weighted by Crippen LogP contribution is -3.08. The van der Waals surface area contributed by atoms with E-state index in [0.717, 1.165) is 11.4 Å². The Morgan fingerprint density at radius 1 is 1.46 bits per heavy atom. The van der Waals surface area contributed by atoms with Gasteiger partial charge >= 0.3 is 5.69 Å². The van der Waals surface area contributed by atoms with E-state index in [-0.39, 0.29) is 17.3 Å². The second kappa shape index (κ2) is 7.89. The van der Waals surface area contributed by atoms with Gasteiger partial charge in [-0.1, -0.05) is 0 Å². The molecule has 0 radical (unpaired) electrons. The molecule has 2 rings (SSSR count). The van der Waals surface area contributed by atoms with Crippen LogP contribution in [0.4, 0.5) is 11.4 Å². The predicted molar refractivity (Wildman–Crippen MR) is 92.8 cm³/mol. The highest BCUT2D eigenvalue weighted by Gasteiger charge is 2.19. The largest absolute Gasteiger partial charge is 0.490 e. The second-order valence-corrected chi connectivity index (χ2v) is 6.37. The molecule has 0 bridgehead atoms. The summed E-state index contributed by atoms with van der Waals surface area (Å²) in [5, 5.41) is 17.9. The Bertz CT molecular complexity index is 731. The summed E-state index contributed by atoms with van der Waals surface area (Å²) >= 11 is 1.63. The molecule has 0 aliphatic carbocycles. The molecule has 0 aliphatic heterocycles. The van der Waals surface area contributed by atoms with Crippen molar-refractivity contribution in [3.63, 3.8) is 0 Å². The van der Waals surface area contributed by atoms with Crippen LogP contribution in [0.25, 0.3) is 0 Å². The number of rotatable bonds is 7. The molecule has 24 heavy (non-hydrogen) atoms. The first kappa shape index (κ1) is 17.9. The van der Waals surface area contributed by atoms with E-state index in [9.17, 15) is 14.9 Å². The molecule has 1 aromatic carbocycles. The van der Waals surface area contributed by atoms with Crippen molar-refractivity contribution in [3.8, 4) is 5.75 Å². The highest BCUT2D eigenvalue weighted by atomic mass is 32.1. The van der Waals surface area contributed by atoms with Gasteiger partial charge in [0.2, 0.25) is 0 Å². The molecule has 1 amide bonds. The third-order valence-electron chi connectivity index (χ3n) is 3.54. The first-order valence-electron chi connectivity index (χ1n) is 7.36.